The second-order valence-corrected chi connectivity index (χ2v) is 5.07. The number of benzene rings is 2. The van der Waals surface area contributed by atoms with Crippen LogP contribution in [0.1, 0.15) is 18.1 Å². The van der Waals surface area contributed by atoms with Crippen LogP contribution >= 0.6 is 23.2 Å². The fraction of sp³-hybridized carbons (Fsp3) is 0.158. The molecule has 2 aromatic carbocycles. The molecule has 0 atom stereocenters. The third kappa shape index (κ3) is 9.95. The van der Waals surface area contributed by atoms with Crippen molar-refractivity contribution < 1.29 is 0 Å². The summed E-state index contributed by atoms with van der Waals surface area (Å²) in [6, 6.07) is 15.5. The van der Waals surface area contributed by atoms with Crippen molar-refractivity contribution in [1.29, 1.82) is 0 Å². The molecule has 0 bridgehead atoms. The van der Waals surface area contributed by atoms with E-state index < -0.39 is 0 Å². The lowest BCUT2D eigenvalue weighted by molar-refractivity contribution is 1.47. The van der Waals surface area contributed by atoms with Gasteiger partial charge in [-0.2, -0.15) is 0 Å². The molecule has 0 heterocycles. The Balaban J connectivity index is 0.000000296. The second kappa shape index (κ2) is 12.3. The molecule has 0 saturated carbocycles. The number of hydrogen-bond donors (Lipinski definition) is 0. The molecule has 0 aliphatic carbocycles. The Hall–Kier alpha value is -1.50. The minimum Gasteiger partial charge on any atom is -0.0991 e. The van der Waals surface area contributed by atoms with Gasteiger partial charge in [-0.3, -0.25) is 0 Å². The number of rotatable bonds is 1. The lowest BCUT2D eigenvalue weighted by Crippen LogP contribution is -1.68. The Morgan fingerprint density at radius 1 is 0.810 bits per heavy atom. The summed E-state index contributed by atoms with van der Waals surface area (Å²) in [5.74, 6) is 0. The zero-order chi connectivity index (χ0) is 16.1. The molecule has 21 heavy (non-hydrogen) atoms. The molecule has 0 aliphatic heterocycles. The Bertz CT molecular complexity index is 471. The zero-order valence-corrected chi connectivity index (χ0v) is 14.3. The summed E-state index contributed by atoms with van der Waals surface area (Å²) < 4.78 is 0. The van der Waals surface area contributed by atoms with Gasteiger partial charge in [0.25, 0.3) is 0 Å². The van der Waals surface area contributed by atoms with Gasteiger partial charge in [0, 0.05) is 10.0 Å². The molecular weight excluding hydrogens is 299 g/mol. The first-order chi connectivity index (χ1) is 10.0. The van der Waals surface area contributed by atoms with Crippen LogP contribution in [0.4, 0.5) is 0 Å². The smallest absolute Gasteiger partial charge is 0.0435 e. The van der Waals surface area contributed by atoms with Crippen LogP contribution < -0.4 is 0 Å². The standard InChI is InChI=1S/2C7H7Cl.C5H8/c2*1-6-4-2-3-5-7(6)8;1-3-5-4-2/h2*2-5H,1H3;3-5H,1H2,2H3/b;;5-4-. The first-order valence-corrected chi connectivity index (χ1v) is 7.44. The van der Waals surface area contributed by atoms with Crippen molar-refractivity contribution in [2.45, 2.75) is 20.8 Å². The average Bonchev–Trinajstić information content (AvgIpc) is 2.48. The molecule has 0 saturated heterocycles. The van der Waals surface area contributed by atoms with Crippen molar-refractivity contribution in [1.82, 2.24) is 0 Å². The SMILES string of the molecule is C=C/C=C\C.Cc1ccccc1Cl.Cc1ccccc1Cl. The monoisotopic (exact) mass is 320 g/mol. The maximum atomic E-state index is 5.71. The molecule has 0 unspecified atom stereocenters. The van der Waals surface area contributed by atoms with Gasteiger partial charge < -0.3 is 0 Å². The molecular formula is C19H22Cl2. The van der Waals surface area contributed by atoms with Gasteiger partial charge in [0.15, 0.2) is 0 Å². The number of aryl methyl sites for hydroxylation is 2. The van der Waals surface area contributed by atoms with Crippen molar-refractivity contribution in [3.8, 4) is 0 Å². The third-order valence-corrected chi connectivity index (χ3v) is 3.33. The van der Waals surface area contributed by atoms with Crippen molar-refractivity contribution in [2.24, 2.45) is 0 Å². The van der Waals surface area contributed by atoms with Crippen molar-refractivity contribution in [2.75, 3.05) is 0 Å². The molecule has 0 radical (unpaired) electrons. The van der Waals surface area contributed by atoms with E-state index in [0.29, 0.717) is 0 Å². The summed E-state index contributed by atoms with van der Waals surface area (Å²) >= 11 is 11.4. The zero-order valence-electron chi connectivity index (χ0n) is 12.8. The lowest BCUT2D eigenvalue weighted by Gasteiger charge is -1.90. The Morgan fingerprint density at radius 2 is 1.19 bits per heavy atom. The molecule has 0 spiro atoms. The number of hydrogen-bond acceptors (Lipinski definition) is 0. The van der Waals surface area contributed by atoms with Crippen LogP contribution in [0.25, 0.3) is 0 Å². The average molecular weight is 321 g/mol. The molecule has 0 amide bonds. The van der Waals surface area contributed by atoms with Crippen LogP contribution in [0.15, 0.2) is 73.3 Å². The van der Waals surface area contributed by atoms with Crippen LogP contribution in [0.5, 0.6) is 0 Å². The molecule has 0 aromatic heterocycles. The van der Waals surface area contributed by atoms with Gasteiger partial charge in [-0.1, -0.05) is 84.4 Å². The summed E-state index contributed by atoms with van der Waals surface area (Å²) in [4.78, 5) is 0. The predicted molar refractivity (Wildman–Crippen MR) is 97.4 cm³/mol. The van der Waals surface area contributed by atoms with Gasteiger partial charge in [-0.15, -0.1) is 0 Å². The minimum atomic E-state index is 0.840. The van der Waals surface area contributed by atoms with Crippen LogP contribution in [0.3, 0.4) is 0 Å². The van der Waals surface area contributed by atoms with Crippen LogP contribution in [-0.2, 0) is 0 Å². The van der Waals surface area contributed by atoms with E-state index in [9.17, 15) is 0 Å². The molecule has 0 nitrogen and oxygen atoms in total. The van der Waals surface area contributed by atoms with E-state index >= 15 is 0 Å². The van der Waals surface area contributed by atoms with Gasteiger partial charge in [0.1, 0.15) is 0 Å². The van der Waals surface area contributed by atoms with E-state index in [1.807, 2.05) is 81.5 Å². The molecule has 0 fully saturated rings. The van der Waals surface area contributed by atoms with E-state index in [2.05, 4.69) is 6.58 Å². The van der Waals surface area contributed by atoms with E-state index in [1.165, 1.54) is 0 Å². The second-order valence-electron chi connectivity index (χ2n) is 4.26. The Morgan fingerprint density at radius 3 is 1.33 bits per heavy atom. The summed E-state index contributed by atoms with van der Waals surface area (Å²) in [6.45, 7) is 9.40. The van der Waals surface area contributed by atoms with Gasteiger partial charge in [-0.25, -0.2) is 0 Å². The summed E-state index contributed by atoms with van der Waals surface area (Å²) in [5.41, 5.74) is 2.27. The van der Waals surface area contributed by atoms with Crippen LogP contribution in [0, 0.1) is 13.8 Å². The maximum absolute atomic E-state index is 5.71. The third-order valence-electron chi connectivity index (χ3n) is 2.48. The van der Waals surface area contributed by atoms with E-state index in [-0.39, 0.29) is 0 Å². The first kappa shape index (κ1) is 19.5. The van der Waals surface area contributed by atoms with Crippen LogP contribution in [0.2, 0.25) is 10.0 Å². The summed E-state index contributed by atoms with van der Waals surface area (Å²) in [6.07, 6.45) is 5.58. The molecule has 0 N–H and O–H groups in total. The Kier molecular flexibility index (Phi) is 11.4. The normalized spacial score (nSPS) is 9.19. The van der Waals surface area contributed by atoms with Crippen LogP contribution in [-0.4, -0.2) is 0 Å². The fourth-order valence-electron chi connectivity index (χ4n) is 1.24. The minimum absolute atomic E-state index is 0.840. The number of halogens is 2. The molecule has 0 aliphatic rings. The molecule has 2 heteroatoms. The highest BCUT2D eigenvalue weighted by molar-refractivity contribution is 6.31. The number of allylic oxidation sites excluding steroid dienone is 3. The topological polar surface area (TPSA) is 0 Å². The first-order valence-electron chi connectivity index (χ1n) is 6.68. The summed E-state index contributed by atoms with van der Waals surface area (Å²) in [7, 11) is 0. The molecule has 112 valence electrons. The summed E-state index contributed by atoms with van der Waals surface area (Å²) in [5, 5.41) is 1.68. The van der Waals surface area contributed by atoms with Gasteiger partial charge in [-0.05, 0) is 44.0 Å². The highest BCUT2D eigenvalue weighted by atomic mass is 35.5. The molecule has 2 aromatic rings. The van der Waals surface area contributed by atoms with Gasteiger partial charge >= 0.3 is 0 Å². The predicted octanol–water partition coefficient (Wildman–Crippen LogP) is 7.05. The highest BCUT2D eigenvalue weighted by Crippen LogP contribution is 2.12. The van der Waals surface area contributed by atoms with Crippen molar-refractivity contribution in [3.63, 3.8) is 0 Å². The van der Waals surface area contributed by atoms with E-state index in [1.54, 1.807) is 6.08 Å². The van der Waals surface area contributed by atoms with Crippen molar-refractivity contribution in [3.05, 3.63) is 94.5 Å². The fourth-order valence-corrected chi connectivity index (χ4v) is 1.51. The largest absolute Gasteiger partial charge is 0.0991 e. The highest BCUT2D eigenvalue weighted by Gasteiger charge is 1.87. The van der Waals surface area contributed by atoms with Gasteiger partial charge in [0.2, 0.25) is 0 Å². The maximum Gasteiger partial charge on any atom is 0.0435 e. The van der Waals surface area contributed by atoms with E-state index in [4.69, 9.17) is 23.2 Å². The lowest BCUT2D eigenvalue weighted by atomic mass is 10.2. The van der Waals surface area contributed by atoms with Gasteiger partial charge in [0.05, 0.1) is 0 Å². The quantitative estimate of drug-likeness (QED) is 0.494. The molecule has 2 rings (SSSR count). The van der Waals surface area contributed by atoms with E-state index in [0.717, 1.165) is 21.2 Å². The Labute approximate surface area is 138 Å². The van der Waals surface area contributed by atoms with Crippen molar-refractivity contribution >= 4 is 23.2 Å².